The van der Waals surface area contributed by atoms with Gasteiger partial charge in [-0.15, -0.1) is 0 Å². The fourth-order valence-electron chi connectivity index (χ4n) is 2.17. The first kappa shape index (κ1) is 12.1. The fraction of sp³-hybridized carbons (Fsp3) is 0.667. The van der Waals surface area contributed by atoms with Crippen LogP contribution in [0.4, 0.5) is 11.6 Å². The molecule has 17 heavy (non-hydrogen) atoms. The van der Waals surface area contributed by atoms with Gasteiger partial charge in [-0.1, -0.05) is 0 Å². The van der Waals surface area contributed by atoms with Gasteiger partial charge >= 0.3 is 0 Å². The molecular formula is C12H21N5. The van der Waals surface area contributed by atoms with Crippen LogP contribution in [0, 0.1) is 5.92 Å². The lowest BCUT2D eigenvalue weighted by Crippen LogP contribution is -2.28. The minimum absolute atomic E-state index is 0.851. The van der Waals surface area contributed by atoms with Crippen LogP contribution in [-0.2, 0) is 0 Å². The molecule has 0 aromatic carbocycles. The van der Waals surface area contributed by atoms with E-state index in [1.807, 2.05) is 13.1 Å². The third kappa shape index (κ3) is 3.85. The molecule has 1 aliphatic heterocycles. The van der Waals surface area contributed by atoms with Gasteiger partial charge in [0.25, 0.3) is 0 Å². The van der Waals surface area contributed by atoms with E-state index in [0.29, 0.717) is 0 Å². The second kappa shape index (κ2) is 6.39. The van der Waals surface area contributed by atoms with Crippen LogP contribution in [0.5, 0.6) is 0 Å². The Bertz CT molecular complexity index is 335. The molecule has 1 fully saturated rings. The molecule has 1 aromatic heterocycles. The van der Waals surface area contributed by atoms with E-state index in [-0.39, 0.29) is 0 Å². The molecule has 0 saturated carbocycles. The number of rotatable bonds is 5. The average Bonchev–Trinajstić information content (AvgIpc) is 2.40. The van der Waals surface area contributed by atoms with Crippen LogP contribution >= 0.6 is 0 Å². The lowest BCUT2D eigenvalue weighted by atomic mass is 9.95. The summed E-state index contributed by atoms with van der Waals surface area (Å²) in [7, 11) is 1.86. The summed E-state index contributed by atoms with van der Waals surface area (Å²) >= 11 is 0. The number of anilines is 2. The van der Waals surface area contributed by atoms with E-state index >= 15 is 0 Å². The zero-order chi connectivity index (χ0) is 11.9. The van der Waals surface area contributed by atoms with Crippen molar-refractivity contribution in [2.24, 2.45) is 5.92 Å². The molecule has 1 aromatic rings. The maximum Gasteiger partial charge on any atom is 0.131 e. The van der Waals surface area contributed by atoms with E-state index < -0.39 is 0 Å². The summed E-state index contributed by atoms with van der Waals surface area (Å²) < 4.78 is 0. The molecule has 0 radical (unpaired) electrons. The summed E-state index contributed by atoms with van der Waals surface area (Å²) in [6.45, 7) is 3.33. The Kier molecular flexibility index (Phi) is 4.55. The van der Waals surface area contributed by atoms with Crippen molar-refractivity contribution in [1.29, 1.82) is 0 Å². The van der Waals surface area contributed by atoms with E-state index in [0.717, 1.165) is 24.1 Å². The molecule has 0 bridgehead atoms. The average molecular weight is 235 g/mol. The lowest BCUT2D eigenvalue weighted by Gasteiger charge is -2.22. The Balaban J connectivity index is 1.73. The van der Waals surface area contributed by atoms with E-state index in [1.54, 1.807) is 6.33 Å². The van der Waals surface area contributed by atoms with Gasteiger partial charge in [0.15, 0.2) is 0 Å². The Hall–Kier alpha value is -1.36. The predicted molar refractivity (Wildman–Crippen MR) is 70.3 cm³/mol. The minimum Gasteiger partial charge on any atom is -0.373 e. The van der Waals surface area contributed by atoms with Crippen LogP contribution in [0.25, 0.3) is 0 Å². The molecule has 3 N–H and O–H groups in total. The van der Waals surface area contributed by atoms with E-state index in [2.05, 4.69) is 25.9 Å². The molecule has 5 nitrogen and oxygen atoms in total. The Morgan fingerprint density at radius 1 is 1.29 bits per heavy atom. The highest BCUT2D eigenvalue weighted by molar-refractivity contribution is 5.45. The number of piperidine rings is 1. The monoisotopic (exact) mass is 235 g/mol. The topological polar surface area (TPSA) is 61.9 Å². The summed E-state index contributed by atoms with van der Waals surface area (Å²) in [6.07, 6.45) is 5.40. The molecule has 0 atom stereocenters. The number of hydrogen-bond acceptors (Lipinski definition) is 5. The van der Waals surface area contributed by atoms with Gasteiger partial charge in [-0.2, -0.15) is 0 Å². The Labute approximate surface area is 102 Å². The molecule has 5 heteroatoms. The third-order valence-electron chi connectivity index (χ3n) is 3.24. The van der Waals surface area contributed by atoms with Crippen molar-refractivity contribution in [2.75, 3.05) is 37.3 Å². The molecule has 0 aliphatic carbocycles. The maximum atomic E-state index is 4.20. The third-order valence-corrected chi connectivity index (χ3v) is 3.24. The van der Waals surface area contributed by atoms with E-state index in [9.17, 15) is 0 Å². The summed E-state index contributed by atoms with van der Waals surface area (Å²) in [4.78, 5) is 8.28. The maximum absolute atomic E-state index is 4.20. The molecule has 94 valence electrons. The van der Waals surface area contributed by atoms with Crippen LogP contribution in [0.15, 0.2) is 12.4 Å². The second-order valence-corrected chi connectivity index (χ2v) is 4.45. The van der Waals surface area contributed by atoms with Crippen molar-refractivity contribution in [3.05, 3.63) is 12.4 Å². The molecule has 0 spiro atoms. The van der Waals surface area contributed by atoms with Crippen LogP contribution in [-0.4, -0.2) is 36.6 Å². The van der Waals surface area contributed by atoms with Crippen LogP contribution in [0.1, 0.15) is 19.3 Å². The van der Waals surface area contributed by atoms with Crippen molar-refractivity contribution < 1.29 is 0 Å². The van der Waals surface area contributed by atoms with Gasteiger partial charge in [-0.3, -0.25) is 0 Å². The van der Waals surface area contributed by atoms with Crippen molar-refractivity contribution in [1.82, 2.24) is 15.3 Å². The van der Waals surface area contributed by atoms with E-state index in [1.165, 1.54) is 32.4 Å². The van der Waals surface area contributed by atoms with Gasteiger partial charge in [-0.25, -0.2) is 9.97 Å². The number of aromatic nitrogens is 2. The fourth-order valence-corrected chi connectivity index (χ4v) is 2.17. The smallest absolute Gasteiger partial charge is 0.131 e. The first-order valence-electron chi connectivity index (χ1n) is 6.33. The molecular weight excluding hydrogens is 214 g/mol. The largest absolute Gasteiger partial charge is 0.373 e. The van der Waals surface area contributed by atoms with Crippen molar-refractivity contribution in [2.45, 2.75) is 19.3 Å². The number of hydrogen-bond donors (Lipinski definition) is 3. The first-order chi connectivity index (χ1) is 8.38. The van der Waals surface area contributed by atoms with Gasteiger partial charge < -0.3 is 16.0 Å². The molecule has 1 saturated heterocycles. The van der Waals surface area contributed by atoms with Crippen LogP contribution in [0.2, 0.25) is 0 Å². The number of nitrogens with one attached hydrogen (secondary N) is 3. The minimum atomic E-state index is 0.851. The molecule has 2 rings (SSSR count). The normalized spacial score (nSPS) is 16.8. The van der Waals surface area contributed by atoms with Gasteiger partial charge in [0.05, 0.1) is 0 Å². The number of nitrogens with zero attached hydrogens (tertiary/aromatic N) is 2. The highest BCUT2D eigenvalue weighted by Crippen LogP contribution is 2.16. The highest BCUT2D eigenvalue weighted by atomic mass is 15.0. The predicted octanol–water partition coefficient (Wildman–Crippen LogP) is 1.32. The highest BCUT2D eigenvalue weighted by Gasteiger charge is 2.12. The van der Waals surface area contributed by atoms with Crippen molar-refractivity contribution in [3.63, 3.8) is 0 Å². The molecule has 0 unspecified atom stereocenters. The van der Waals surface area contributed by atoms with Crippen molar-refractivity contribution in [3.8, 4) is 0 Å². The zero-order valence-electron chi connectivity index (χ0n) is 10.4. The van der Waals surface area contributed by atoms with Crippen LogP contribution < -0.4 is 16.0 Å². The summed E-state index contributed by atoms with van der Waals surface area (Å²) in [6, 6.07) is 1.93. The van der Waals surface area contributed by atoms with Gasteiger partial charge in [0, 0.05) is 19.7 Å². The SMILES string of the molecule is CNc1cc(NCCC2CCNCC2)ncn1. The molecule has 0 amide bonds. The van der Waals surface area contributed by atoms with Gasteiger partial charge in [0.1, 0.15) is 18.0 Å². The van der Waals surface area contributed by atoms with Crippen LogP contribution in [0.3, 0.4) is 0 Å². The first-order valence-corrected chi connectivity index (χ1v) is 6.33. The Morgan fingerprint density at radius 2 is 2.06 bits per heavy atom. The summed E-state index contributed by atoms with van der Waals surface area (Å²) in [5.41, 5.74) is 0. The van der Waals surface area contributed by atoms with Crippen molar-refractivity contribution >= 4 is 11.6 Å². The van der Waals surface area contributed by atoms with E-state index in [4.69, 9.17) is 0 Å². The molecule has 2 heterocycles. The summed E-state index contributed by atoms with van der Waals surface area (Å²) in [5, 5.41) is 9.75. The second-order valence-electron chi connectivity index (χ2n) is 4.45. The lowest BCUT2D eigenvalue weighted by molar-refractivity contribution is 0.361. The zero-order valence-corrected chi connectivity index (χ0v) is 10.4. The quantitative estimate of drug-likeness (QED) is 0.718. The standard InChI is InChI=1S/C12H21N5/c1-13-11-8-12(17-9-16-11)15-7-4-10-2-5-14-6-3-10/h8-10,14H,2-7H2,1H3,(H2,13,15,16,17). The van der Waals surface area contributed by atoms with Gasteiger partial charge in [-0.05, 0) is 38.3 Å². The summed E-state index contributed by atoms with van der Waals surface area (Å²) in [5.74, 6) is 2.61. The van der Waals surface area contributed by atoms with Gasteiger partial charge in [0.2, 0.25) is 0 Å². The molecule has 1 aliphatic rings. The Morgan fingerprint density at radius 3 is 2.82 bits per heavy atom.